The Kier molecular flexibility index (Phi) is 10.5. The number of halogens is 2. The van der Waals surface area contributed by atoms with E-state index in [2.05, 4.69) is 34.7 Å². The van der Waals surface area contributed by atoms with E-state index in [1.807, 2.05) is 36.4 Å². The Labute approximate surface area is 172 Å². The van der Waals surface area contributed by atoms with Crippen molar-refractivity contribution in [3.8, 4) is 0 Å². The van der Waals surface area contributed by atoms with Gasteiger partial charge in [0.15, 0.2) is 5.96 Å². The number of rotatable bonds is 7. The highest BCUT2D eigenvalue weighted by Crippen LogP contribution is 2.11. The summed E-state index contributed by atoms with van der Waals surface area (Å²) in [5, 5.41) is 7.38. The number of nitrogens with one attached hydrogen (secondary N) is 2. The van der Waals surface area contributed by atoms with Gasteiger partial charge in [-0.25, -0.2) is 4.99 Å². The standard InChI is InChI=1S/C19H24ClN3O.HI/c1-3-21-19(22-12-15-8-10-18(20)11-9-15)23-13-16-6-4-5-7-17(16)14-24-2;/h4-11H,3,12-14H2,1-2H3,(H2,21,22,23);1H. The first-order valence-electron chi connectivity index (χ1n) is 8.05. The first-order valence-corrected chi connectivity index (χ1v) is 8.43. The van der Waals surface area contributed by atoms with Gasteiger partial charge in [-0.3, -0.25) is 0 Å². The van der Waals surface area contributed by atoms with Crippen LogP contribution >= 0.6 is 35.6 Å². The summed E-state index contributed by atoms with van der Waals surface area (Å²) in [7, 11) is 1.71. The SMILES string of the molecule is CCNC(=NCc1ccc(Cl)cc1)NCc1ccccc1COC.I. The molecule has 0 spiro atoms. The number of hydrogen-bond donors (Lipinski definition) is 2. The first kappa shape index (κ1) is 21.7. The number of benzene rings is 2. The lowest BCUT2D eigenvalue weighted by Gasteiger charge is -2.14. The van der Waals surface area contributed by atoms with Crippen LogP contribution in [0.5, 0.6) is 0 Å². The molecule has 25 heavy (non-hydrogen) atoms. The molecule has 0 saturated carbocycles. The van der Waals surface area contributed by atoms with Crippen molar-refractivity contribution in [1.82, 2.24) is 10.6 Å². The highest BCUT2D eigenvalue weighted by molar-refractivity contribution is 14.0. The van der Waals surface area contributed by atoms with Crippen molar-refractivity contribution >= 4 is 41.5 Å². The number of aliphatic imine (C=N–C) groups is 1. The highest BCUT2D eigenvalue weighted by Gasteiger charge is 2.03. The molecule has 136 valence electrons. The van der Waals surface area contributed by atoms with E-state index >= 15 is 0 Å². The summed E-state index contributed by atoms with van der Waals surface area (Å²) < 4.78 is 5.25. The minimum absolute atomic E-state index is 0. The second kappa shape index (κ2) is 12.1. The van der Waals surface area contributed by atoms with Crippen LogP contribution in [0.2, 0.25) is 5.02 Å². The molecule has 0 radical (unpaired) electrons. The average molecular weight is 474 g/mol. The van der Waals surface area contributed by atoms with E-state index in [0.717, 1.165) is 23.1 Å². The van der Waals surface area contributed by atoms with E-state index in [0.29, 0.717) is 19.7 Å². The maximum atomic E-state index is 5.91. The van der Waals surface area contributed by atoms with Gasteiger partial charge in [0.05, 0.1) is 13.2 Å². The second-order valence-electron chi connectivity index (χ2n) is 5.38. The summed E-state index contributed by atoms with van der Waals surface area (Å²) in [6, 6.07) is 16.0. The van der Waals surface area contributed by atoms with Crippen LogP contribution in [0.15, 0.2) is 53.5 Å². The zero-order chi connectivity index (χ0) is 17.2. The number of hydrogen-bond acceptors (Lipinski definition) is 2. The number of nitrogens with zero attached hydrogens (tertiary/aromatic N) is 1. The summed E-state index contributed by atoms with van der Waals surface area (Å²) in [5.74, 6) is 0.791. The molecule has 0 bridgehead atoms. The van der Waals surface area contributed by atoms with E-state index in [1.165, 1.54) is 11.1 Å². The van der Waals surface area contributed by atoms with Crippen molar-refractivity contribution in [2.24, 2.45) is 4.99 Å². The fraction of sp³-hybridized carbons (Fsp3) is 0.316. The van der Waals surface area contributed by atoms with E-state index in [9.17, 15) is 0 Å². The zero-order valence-corrected chi connectivity index (χ0v) is 17.7. The normalized spacial score (nSPS) is 10.9. The lowest BCUT2D eigenvalue weighted by molar-refractivity contribution is 0.184. The van der Waals surface area contributed by atoms with Gasteiger partial charge >= 0.3 is 0 Å². The molecule has 0 unspecified atom stereocenters. The van der Waals surface area contributed by atoms with Gasteiger partial charge in [0, 0.05) is 25.2 Å². The molecular formula is C19H25ClIN3O. The third kappa shape index (κ3) is 7.63. The van der Waals surface area contributed by atoms with E-state index < -0.39 is 0 Å². The molecule has 0 amide bonds. The van der Waals surface area contributed by atoms with Crippen LogP contribution in [0.4, 0.5) is 0 Å². The summed E-state index contributed by atoms with van der Waals surface area (Å²) >= 11 is 5.91. The smallest absolute Gasteiger partial charge is 0.191 e. The summed E-state index contributed by atoms with van der Waals surface area (Å²) in [6.45, 7) is 4.78. The maximum absolute atomic E-state index is 5.91. The van der Waals surface area contributed by atoms with Crippen LogP contribution in [0.3, 0.4) is 0 Å². The van der Waals surface area contributed by atoms with Crippen molar-refractivity contribution in [2.75, 3.05) is 13.7 Å². The van der Waals surface area contributed by atoms with Crippen LogP contribution in [-0.4, -0.2) is 19.6 Å². The van der Waals surface area contributed by atoms with Crippen LogP contribution in [0, 0.1) is 0 Å². The van der Waals surface area contributed by atoms with Gasteiger partial charge in [-0.15, -0.1) is 24.0 Å². The molecule has 0 aliphatic rings. The van der Waals surface area contributed by atoms with Crippen LogP contribution in [-0.2, 0) is 24.4 Å². The molecule has 0 fully saturated rings. The molecule has 6 heteroatoms. The van der Waals surface area contributed by atoms with Gasteiger partial charge in [-0.2, -0.15) is 0 Å². The van der Waals surface area contributed by atoms with E-state index in [4.69, 9.17) is 16.3 Å². The largest absolute Gasteiger partial charge is 0.380 e. The van der Waals surface area contributed by atoms with Crippen molar-refractivity contribution < 1.29 is 4.74 Å². The Morgan fingerprint density at radius 1 is 1.04 bits per heavy atom. The fourth-order valence-corrected chi connectivity index (χ4v) is 2.43. The quantitative estimate of drug-likeness (QED) is 0.357. The van der Waals surface area contributed by atoms with Gasteiger partial charge < -0.3 is 15.4 Å². The lowest BCUT2D eigenvalue weighted by atomic mass is 10.1. The van der Waals surface area contributed by atoms with Gasteiger partial charge in [-0.05, 0) is 35.7 Å². The Bertz CT molecular complexity index is 662. The maximum Gasteiger partial charge on any atom is 0.191 e. The third-order valence-corrected chi connectivity index (χ3v) is 3.79. The van der Waals surface area contributed by atoms with Crippen molar-refractivity contribution in [3.05, 3.63) is 70.2 Å². The molecule has 0 heterocycles. The Hall–Kier alpha value is -1.31. The molecule has 0 aliphatic carbocycles. The third-order valence-electron chi connectivity index (χ3n) is 3.54. The van der Waals surface area contributed by atoms with Gasteiger partial charge in [0.1, 0.15) is 0 Å². The molecule has 0 atom stereocenters. The van der Waals surface area contributed by atoms with Crippen molar-refractivity contribution in [1.29, 1.82) is 0 Å². The molecule has 2 rings (SSSR count). The minimum atomic E-state index is 0. The first-order chi connectivity index (χ1) is 11.7. The Morgan fingerprint density at radius 3 is 2.36 bits per heavy atom. The van der Waals surface area contributed by atoms with Crippen molar-refractivity contribution in [2.45, 2.75) is 26.6 Å². The van der Waals surface area contributed by atoms with E-state index in [-0.39, 0.29) is 24.0 Å². The van der Waals surface area contributed by atoms with Gasteiger partial charge in [-0.1, -0.05) is 48.0 Å². The fourth-order valence-electron chi connectivity index (χ4n) is 2.31. The summed E-state index contributed by atoms with van der Waals surface area (Å²) in [5.41, 5.74) is 3.51. The molecule has 2 N–H and O–H groups in total. The topological polar surface area (TPSA) is 45.7 Å². The molecule has 2 aromatic rings. The van der Waals surface area contributed by atoms with Crippen LogP contribution in [0.1, 0.15) is 23.6 Å². The summed E-state index contributed by atoms with van der Waals surface area (Å²) in [4.78, 5) is 4.62. The monoisotopic (exact) mass is 473 g/mol. The Morgan fingerprint density at radius 2 is 1.72 bits per heavy atom. The number of guanidine groups is 1. The zero-order valence-electron chi connectivity index (χ0n) is 14.6. The molecule has 0 saturated heterocycles. The molecule has 4 nitrogen and oxygen atoms in total. The van der Waals surface area contributed by atoms with Crippen molar-refractivity contribution in [3.63, 3.8) is 0 Å². The van der Waals surface area contributed by atoms with Crippen LogP contribution in [0.25, 0.3) is 0 Å². The molecule has 2 aromatic carbocycles. The van der Waals surface area contributed by atoms with Gasteiger partial charge in [0.25, 0.3) is 0 Å². The minimum Gasteiger partial charge on any atom is -0.380 e. The number of methoxy groups -OCH3 is 1. The molecule has 0 aromatic heterocycles. The second-order valence-corrected chi connectivity index (χ2v) is 5.81. The molecular weight excluding hydrogens is 449 g/mol. The van der Waals surface area contributed by atoms with E-state index in [1.54, 1.807) is 7.11 Å². The highest BCUT2D eigenvalue weighted by atomic mass is 127. The van der Waals surface area contributed by atoms with Crippen LogP contribution < -0.4 is 10.6 Å². The molecule has 0 aliphatic heterocycles. The van der Waals surface area contributed by atoms with Gasteiger partial charge in [0.2, 0.25) is 0 Å². The Balaban J connectivity index is 0.00000312. The average Bonchev–Trinajstić information content (AvgIpc) is 2.60. The number of ether oxygens (including phenoxy) is 1. The predicted molar refractivity (Wildman–Crippen MR) is 116 cm³/mol. The predicted octanol–water partition coefficient (Wildman–Crippen LogP) is 4.36. The lowest BCUT2D eigenvalue weighted by Crippen LogP contribution is -2.37. The summed E-state index contributed by atoms with van der Waals surface area (Å²) in [6.07, 6.45) is 0.